The van der Waals surface area contributed by atoms with Crippen molar-refractivity contribution in [3.8, 4) is 0 Å². The number of carbonyl (C=O) groups is 1. The summed E-state index contributed by atoms with van der Waals surface area (Å²) in [6, 6.07) is 9.13. The molecule has 0 atom stereocenters. The van der Waals surface area contributed by atoms with Crippen molar-refractivity contribution in [1.82, 2.24) is 4.98 Å². The highest BCUT2D eigenvalue weighted by molar-refractivity contribution is 6.30. The molecule has 1 aromatic heterocycles. The lowest BCUT2D eigenvalue weighted by Gasteiger charge is -2.08. The molecule has 18 heavy (non-hydrogen) atoms. The van der Waals surface area contributed by atoms with Crippen molar-refractivity contribution < 1.29 is 4.79 Å². The molecule has 1 aromatic carbocycles. The number of nitrogens with zero attached hydrogens (tertiary/aromatic N) is 1. The lowest BCUT2D eigenvalue weighted by atomic mass is 10.1. The molecule has 1 heterocycles. The highest BCUT2D eigenvalue weighted by Crippen LogP contribution is 2.14. The molecule has 92 valence electrons. The van der Waals surface area contributed by atoms with E-state index in [1.807, 2.05) is 32.0 Å². The Hall–Kier alpha value is -1.87. The fourth-order valence-corrected chi connectivity index (χ4v) is 1.73. The number of rotatable bonds is 2. The van der Waals surface area contributed by atoms with E-state index in [0.29, 0.717) is 16.4 Å². The molecule has 0 saturated carbocycles. The zero-order valence-electron chi connectivity index (χ0n) is 10.2. The normalized spacial score (nSPS) is 10.2. The quantitative estimate of drug-likeness (QED) is 0.896. The van der Waals surface area contributed by atoms with Gasteiger partial charge >= 0.3 is 0 Å². The van der Waals surface area contributed by atoms with Crippen LogP contribution in [0.25, 0.3) is 0 Å². The van der Waals surface area contributed by atoms with Crippen LogP contribution in [0.4, 0.5) is 5.82 Å². The Labute approximate surface area is 111 Å². The van der Waals surface area contributed by atoms with Gasteiger partial charge in [0, 0.05) is 11.8 Å². The number of hydrogen-bond acceptors (Lipinski definition) is 2. The van der Waals surface area contributed by atoms with E-state index in [4.69, 9.17) is 11.6 Å². The van der Waals surface area contributed by atoms with Gasteiger partial charge in [-0.15, -0.1) is 0 Å². The minimum Gasteiger partial charge on any atom is -0.307 e. The number of aryl methyl sites for hydroxylation is 2. The molecule has 1 N–H and O–H groups in total. The largest absolute Gasteiger partial charge is 0.307 e. The lowest BCUT2D eigenvalue weighted by Crippen LogP contribution is -2.14. The summed E-state index contributed by atoms with van der Waals surface area (Å²) in [7, 11) is 0. The van der Waals surface area contributed by atoms with Gasteiger partial charge in [0.1, 0.15) is 5.82 Å². The molecule has 0 radical (unpaired) electrons. The Morgan fingerprint density at radius 1 is 1.22 bits per heavy atom. The molecule has 0 bridgehead atoms. The first kappa shape index (κ1) is 12.6. The van der Waals surface area contributed by atoms with Crippen molar-refractivity contribution in [1.29, 1.82) is 0 Å². The number of benzene rings is 1. The molecular weight excluding hydrogens is 248 g/mol. The van der Waals surface area contributed by atoms with Gasteiger partial charge < -0.3 is 5.32 Å². The number of hydrogen-bond donors (Lipinski definition) is 1. The van der Waals surface area contributed by atoms with Gasteiger partial charge in [0.2, 0.25) is 0 Å². The van der Waals surface area contributed by atoms with Gasteiger partial charge in [-0.3, -0.25) is 4.79 Å². The fraction of sp³-hybridized carbons (Fsp3) is 0.143. The summed E-state index contributed by atoms with van der Waals surface area (Å²) in [5, 5.41) is 3.29. The average molecular weight is 261 g/mol. The minimum atomic E-state index is -0.161. The van der Waals surface area contributed by atoms with Crippen LogP contribution >= 0.6 is 11.6 Å². The molecule has 3 nitrogen and oxygen atoms in total. The number of nitrogens with one attached hydrogen (secondary N) is 1. The number of halogens is 1. The van der Waals surface area contributed by atoms with Crippen LogP contribution < -0.4 is 5.32 Å². The van der Waals surface area contributed by atoms with Gasteiger partial charge in [-0.1, -0.05) is 29.3 Å². The maximum Gasteiger partial charge on any atom is 0.257 e. The van der Waals surface area contributed by atoms with Crippen LogP contribution in [-0.2, 0) is 0 Å². The molecule has 0 spiro atoms. The van der Waals surface area contributed by atoms with E-state index in [1.54, 1.807) is 12.1 Å². The van der Waals surface area contributed by atoms with Crippen LogP contribution in [0.1, 0.15) is 21.5 Å². The molecule has 0 unspecified atom stereocenters. The topological polar surface area (TPSA) is 42.0 Å². The number of aromatic nitrogens is 1. The molecule has 0 aliphatic rings. The molecule has 2 rings (SSSR count). The second kappa shape index (κ2) is 5.19. The van der Waals surface area contributed by atoms with Crippen LogP contribution in [0.2, 0.25) is 5.02 Å². The van der Waals surface area contributed by atoms with Gasteiger partial charge in [0.25, 0.3) is 5.91 Å². The Balaban J connectivity index is 2.21. The first-order valence-electron chi connectivity index (χ1n) is 5.56. The fourth-order valence-electron chi connectivity index (χ4n) is 1.61. The Morgan fingerprint density at radius 2 is 2.00 bits per heavy atom. The zero-order valence-corrected chi connectivity index (χ0v) is 11.0. The van der Waals surface area contributed by atoms with Crippen LogP contribution in [0, 0.1) is 13.8 Å². The smallest absolute Gasteiger partial charge is 0.257 e. The summed E-state index contributed by atoms with van der Waals surface area (Å²) in [5.74, 6) is 0.330. The molecule has 0 aliphatic heterocycles. The van der Waals surface area contributed by atoms with Crippen LogP contribution in [0.3, 0.4) is 0 Å². The van der Waals surface area contributed by atoms with Gasteiger partial charge in [0.05, 0.1) is 5.02 Å². The van der Waals surface area contributed by atoms with Crippen molar-refractivity contribution in [2.75, 3.05) is 5.32 Å². The predicted octanol–water partition coefficient (Wildman–Crippen LogP) is 3.60. The summed E-state index contributed by atoms with van der Waals surface area (Å²) in [6.07, 6.45) is 1.50. The molecule has 0 aliphatic carbocycles. The SMILES string of the molecule is Cc1ccc(C)c(C(=O)Nc2ccc(Cl)cn2)c1. The van der Waals surface area contributed by atoms with Gasteiger partial charge in [-0.2, -0.15) is 0 Å². The highest BCUT2D eigenvalue weighted by Gasteiger charge is 2.09. The van der Waals surface area contributed by atoms with Crippen molar-refractivity contribution in [2.24, 2.45) is 0 Å². The molecule has 2 aromatic rings. The monoisotopic (exact) mass is 260 g/mol. The van der Waals surface area contributed by atoms with Crippen LogP contribution in [0.5, 0.6) is 0 Å². The molecule has 1 amide bonds. The second-order valence-corrected chi connectivity index (χ2v) is 4.57. The minimum absolute atomic E-state index is 0.161. The third-order valence-electron chi connectivity index (χ3n) is 2.61. The Morgan fingerprint density at radius 3 is 2.67 bits per heavy atom. The van der Waals surface area contributed by atoms with Crippen molar-refractivity contribution in [3.63, 3.8) is 0 Å². The summed E-state index contributed by atoms with van der Waals surface area (Å²) in [5.41, 5.74) is 2.65. The molecule has 4 heteroatoms. The van der Waals surface area contributed by atoms with Crippen LogP contribution in [-0.4, -0.2) is 10.9 Å². The third kappa shape index (κ3) is 2.87. The second-order valence-electron chi connectivity index (χ2n) is 4.13. The summed E-state index contributed by atoms with van der Waals surface area (Å²) >= 11 is 5.74. The summed E-state index contributed by atoms with van der Waals surface area (Å²) < 4.78 is 0. The van der Waals surface area contributed by atoms with E-state index in [1.165, 1.54) is 6.20 Å². The van der Waals surface area contributed by atoms with Gasteiger partial charge in [0.15, 0.2) is 0 Å². The standard InChI is InChI=1S/C14H13ClN2O/c1-9-3-4-10(2)12(7-9)14(18)17-13-6-5-11(15)8-16-13/h3-8H,1-2H3,(H,16,17,18). The van der Waals surface area contributed by atoms with Crippen molar-refractivity contribution in [3.05, 3.63) is 58.2 Å². The number of carbonyl (C=O) groups excluding carboxylic acids is 1. The van der Waals surface area contributed by atoms with Crippen LogP contribution in [0.15, 0.2) is 36.5 Å². The van der Waals surface area contributed by atoms with E-state index >= 15 is 0 Å². The average Bonchev–Trinajstić information content (AvgIpc) is 2.35. The summed E-state index contributed by atoms with van der Waals surface area (Å²) in [4.78, 5) is 16.1. The van der Waals surface area contributed by atoms with Gasteiger partial charge in [-0.05, 0) is 37.6 Å². The summed E-state index contributed by atoms with van der Waals surface area (Å²) in [6.45, 7) is 3.86. The van der Waals surface area contributed by atoms with E-state index < -0.39 is 0 Å². The molecule has 0 saturated heterocycles. The number of anilines is 1. The first-order valence-corrected chi connectivity index (χ1v) is 5.94. The van der Waals surface area contributed by atoms with E-state index in [0.717, 1.165) is 11.1 Å². The van der Waals surface area contributed by atoms with Crippen molar-refractivity contribution in [2.45, 2.75) is 13.8 Å². The predicted molar refractivity (Wildman–Crippen MR) is 73.1 cm³/mol. The Kier molecular flexibility index (Phi) is 3.63. The van der Waals surface area contributed by atoms with Gasteiger partial charge in [-0.25, -0.2) is 4.98 Å². The number of pyridine rings is 1. The maximum absolute atomic E-state index is 12.1. The third-order valence-corrected chi connectivity index (χ3v) is 2.83. The zero-order chi connectivity index (χ0) is 13.1. The number of amides is 1. The first-order chi connectivity index (χ1) is 8.56. The molecular formula is C14H13ClN2O. The molecule has 0 fully saturated rings. The van der Waals surface area contributed by atoms with E-state index in [-0.39, 0.29) is 5.91 Å². The van der Waals surface area contributed by atoms with Crippen molar-refractivity contribution >= 4 is 23.3 Å². The van der Waals surface area contributed by atoms with E-state index in [2.05, 4.69) is 10.3 Å². The Bertz CT molecular complexity index is 579. The highest BCUT2D eigenvalue weighted by atomic mass is 35.5. The maximum atomic E-state index is 12.1. The lowest BCUT2D eigenvalue weighted by molar-refractivity contribution is 0.102. The van der Waals surface area contributed by atoms with E-state index in [9.17, 15) is 4.79 Å².